The van der Waals surface area contributed by atoms with Crippen LogP contribution in [-0.2, 0) is 20.7 Å². The van der Waals surface area contributed by atoms with E-state index >= 15 is 0 Å². The van der Waals surface area contributed by atoms with E-state index in [1.165, 1.54) is 7.11 Å². The van der Waals surface area contributed by atoms with E-state index in [1.54, 1.807) is 23.1 Å². The molecule has 0 bridgehead atoms. The van der Waals surface area contributed by atoms with Crippen LogP contribution in [0.2, 0.25) is 5.02 Å². The number of amides is 1. The zero-order valence-corrected chi connectivity index (χ0v) is 12.6. The van der Waals surface area contributed by atoms with Gasteiger partial charge in [0.2, 0.25) is 5.91 Å². The van der Waals surface area contributed by atoms with Crippen molar-refractivity contribution in [3.8, 4) is 0 Å². The van der Waals surface area contributed by atoms with Crippen molar-refractivity contribution in [2.24, 2.45) is 5.41 Å². The molecule has 1 amide bonds. The summed E-state index contributed by atoms with van der Waals surface area (Å²) < 4.78 is 5.02. The number of carboxylic acids is 1. The summed E-state index contributed by atoms with van der Waals surface area (Å²) >= 11 is 5.90. The van der Waals surface area contributed by atoms with E-state index in [4.69, 9.17) is 16.3 Å². The number of carbonyl (C=O) groups excluding carboxylic acids is 1. The van der Waals surface area contributed by atoms with Crippen molar-refractivity contribution in [1.82, 2.24) is 4.90 Å². The van der Waals surface area contributed by atoms with Gasteiger partial charge < -0.3 is 14.7 Å². The van der Waals surface area contributed by atoms with E-state index in [2.05, 4.69) is 0 Å². The maximum atomic E-state index is 12.3. The molecule has 2 rings (SSSR count). The van der Waals surface area contributed by atoms with Crippen molar-refractivity contribution < 1.29 is 19.4 Å². The van der Waals surface area contributed by atoms with Gasteiger partial charge in [0, 0.05) is 25.2 Å². The molecule has 0 saturated carbocycles. The highest BCUT2D eigenvalue weighted by molar-refractivity contribution is 6.30. The van der Waals surface area contributed by atoms with Crippen LogP contribution in [-0.4, -0.2) is 48.7 Å². The van der Waals surface area contributed by atoms with Gasteiger partial charge in [0.1, 0.15) is 5.41 Å². The molecule has 1 N–H and O–H groups in total. The average molecular weight is 312 g/mol. The fourth-order valence-electron chi connectivity index (χ4n) is 2.65. The first-order chi connectivity index (χ1) is 9.97. The lowest BCUT2D eigenvalue weighted by Crippen LogP contribution is -2.40. The lowest BCUT2D eigenvalue weighted by molar-refractivity contribution is -0.151. The molecule has 1 heterocycles. The number of hydrogen-bond acceptors (Lipinski definition) is 3. The highest BCUT2D eigenvalue weighted by atomic mass is 35.5. The van der Waals surface area contributed by atoms with E-state index in [-0.39, 0.29) is 25.5 Å². The smallest absolute Gasteiger partial charge is 0.313 e. The van der Waals surface area contributed by atoms with Gasteiger partial charge in [-0.2, -0.15) is 0 Å². The van der Waals surface area contributed by atoms with E-state index in [0.29, 0.717) is 18.0 Å². The quantitative estimate of drug-likeness (QED) is 0.901. The molecule has 114 valence electrons. The van der Waals surface area contributed by atoms with Crippen LogP contribution in [0, 0.1) is 5.41 Å². The minimum absolute atomic E-state index is 0.0866. The van der Waals surface area contributed by atoms with Gasteiger partial charge in [-0.15, -0.1) is 0 Å². The molecule has 1 fully saturated rings. The van der Waals surface area contributed by atoms with Crippen LogP contribution in [0.3, 0.4) is 0 Å². The summed E-state index contributed by atoms with van der Waals surface area (Å²) in [6, 6.07) is 7.12. The van der Waals surface area contributed by atoms with Crippen LogP contribution >= 0.6 is 11.6 Å². The molecule has 6 heteroatoms. The second-order valence-electron chi connectivity index (χ2n) is 5.39. The third-order valence-corrected chi connectivity index (χ3v) is 4.06. The Morgan fingerprint density at radius 2 is 2.24 bits per heavy atom. The number of likely N-dealkylation sites (tertiary alicyclic amines) is 1. The van der Waals surface area contributed by atoms with Crippen molar-refractivity contribution >= 4 is 23.5 Å². The number of ether oxygens (including phenoxy) is 1. The fourth-order valence-corrected chi connectivity index (χ4v) is 2.86. The predicted octanol–water partition coefficient (Wildman–Crippen LogP) is 1.83. The molecule has 1 aromatic carbocycles. The number of hydrogen-bond donors (Lipinski definition) is 1. The summed E-state index contributed by atoms with van der Waals surface area (Å²) in [5, 5.41) is 9.97. The number of rotatable bonds is 5. The standard InChI is InChI=1S/C15H18ClNO4/c1-21-10-15(14(19)20)5-6-17(9-15)13(18)8-11-3-2-4-12(16)7-11/h2-4,7H,5-6,8-10H2,1H3,(H,19,20). The van der Waals surface area contributed by atoms with Gasteiger partial charge in [-0.05, 0) is 24.1 Å². The van der Waals surface area contributed by atoms with Gasteiger partial charge >= 0.3 is 5.97 Å². The predicted molar refractivity (Wildman–Crippen MR) is 78.3 cm³/mol. The minimum Gasteiger partial charge on any atom is -0.481 e. The highest BCUT2D eigenvalue weighted by Gasteiger charge is 2.46. The van der Waals surface area contributed by atoms with Crippen molar-refractivity contribution in [1.29, 1.82) is 0 Å². The molecule has 1 unspecified atom stereocenters. The maximum absolute atomic E-state index is 12.3. The monoisotopic (exact) mass is 311 g/mol. The molecule has 0 aliphatic carbocycles. The van der Waals surface area contributed by atoms with Crippen LogP contribution in [0.25, 0.3) is 0 Å². The van der Waals surface area contributed by atoms with Crippen LogP contribution in [0.15, 0.2) is 24.3 Å². The van der Waals surface area contributed by atoms with Gasteiger partial charge in [-0.3, -0.25) is 9.59 Å². The number of benzene rings is 1. The van der Waals surface area contributed by atoms with Crippen molar-refractivity contribution in [2.45, 2.75) is 12.8 Å². The average Bonchev–Trinajstić information content (AvgIpc) is 2.85. The minimum atomic E-state index is -0.987. The lowest BCUT2D eigenvalue weighted by atomic mass is 9.88. The molecule has 1 atom stereocenters. The summed E-state index contributed by atoms with van der Waals surface area (Å²) in [5.41, 5.74) is -0.161. The van der Waals surface area contributed by atoms with Gasteiger partial charge in [0.05, 0.1) is 13.0 Å². The van der Waals surface area contributed by atoms with Crippen LogP contribution in [0.1, 0.15) is 12.0 Å². The molecular formula is C15H18ClNO4. The summed E-state index contributed by atoms with van der Waals surface area (Å²) in [5.74, 6) is -1.00. The molecule has 21 heavy (non-hydrogen) atoms. The number of carboxylic acid groups (broad SMARTS) is 1. The topological polar surface area (TPSA) is 66.8 Å². The van der Waals surface area contributed by atoms with Gasteiger partial charge in [0.15, 0.2) is 0 Å². The van der Waals surface area contributed by atoms with E-state index < -0.39 is 11.4 Å². The van der Waals surface area contributed by atoms with E-state index in [1.807, 2.05) is 6.07 Å². The van der Waals surface area contributed by atoms with Crippen molar-refractivity contribution in [2.75, 3.05) is 26.8 Å². The van der Waals surface area contributed by atoms with Crippen molar-refractivity contribution in [3.05, 3.63) is 34.9 Å². The molecule has 5 nitrogen and oxygen atoms in total. The van der Waals surface area contributed by atoms with Gasteiger partial charge in [-0.1, -0.05) is 23.7 Å². The SMILES string of the molecule is COCC1(C(=O)O)CCN(C(=O)Cc2cccc(Cl)c2)C1. The summed E-state index contributed by atoms with van der Waals surface area (Å²) in [6.45, 7) is 0.744. The molecule has 1 aromatic rings. The zero-order valence-electron chi connectivity index (χ0n) is 11.8. The molecule has 0 radical (unpaired) electrons. The molecule has 1 saturated heterocycles. The normalized spacial score (nSPS) is 21.5. The molecule has 1 aliphatic heterocycles. The first-order valence-electron chi connectivity index (χ1n) is 6.71. The third kappa shape index (κ3) is 3.54. The Bertz CT molecular complexity index is 548. The van der Waals surface area contributed by atoms with Crippen LogP contribution < -0.4 is 0 Å². The Labute approximate surface area is 128 Å². The molecule has 0 aromatic heterocycles. The summed E-state index contributed by atoms with van der Waals surface area (Å²) in [6.07, 6.45) is 0.640. The second-order valence-corrected chi connectivity index (χ2v) is 5.83. The number of aliphatic carboxylic acids is 1. The van der Waals surface area contributed by atoms with Gasteiger partial charge in [0.25, 0.3) is 0 Å². The Kier molecular flexibility index (Phi) is 4.85. The largest absolute Gasteiger partial charge is 0.481 e. The van der Waals surface area contributed by atoms with Crippen molar-refractivity contribution in [3.63, 3.8) is 0 Å². The summed E-state index contributed by atoms with van der Waals surface area (Å²) in [7, 11) is 1.47. The van der Waals surface area contributed by atoms with Crippen LogP contribution in [0.5, 0.6) is 0 Å². The Morgan fingerprint density at radius 1 is 1.48 bits per heavy atom. The molecular weight excluding hydrogens is 294 g/mol. The van der Waals surface area contributed by atoms with Gasteiger partial charge in [-0.25, -0.2) is 0 Å². The Balaban J connectivity index is 2.03. The van der Waals surface area contributed by atoms with Crippen LogP contribution in [0.4, 0.5) is 0 Å². The molecule has 1 aliphatic rings. The lowest BCUT2D eigenvalue weighted by Gasteiger charge is -2.23. The first-order valence-corrected chi connectivity index (χ1v) is 7.09. The second kappa shape index (κ2) is 6.45. The number of halogens is 1. The summed E-state index contributed by atoms with van der Waals surface area (Å²) in [4.78, 5) is 25.3. The number of nitrogens with zero attached hydrogens (tertiary/aromatic N) is 1. The fraction of sp³-hybridized carbons (Fsp3) is 0.467. The van der Waals surface area contributed by atoms with E-state index in [0.717, 1.165) is 5.56 Å². The highest BCUT2D eigenvalue weighted by Crippen LogP contribution is 2.31. The van der Waals surface area contributed by atoms with E-state index in [9.17, 15) is 14.7 Å². The Hall–Kier alpha value is -1.59. The zero-order chi connectivity index (χ0) is 15.5. The number of methoxy groups -OCH3 is 1. The maximum Gasteiger partial charge on any atom is 0.313 e. The molecule has 0 spiro atoms. The Morgan fingerprint density at radius 3 is 2.86 bits per heavy atom. The number of carbonyl (C=O) groups is 2. The third-order valence-electron chi connectivity index (χ3n) is 3.83. The first kappa shape index (κ1) is 15.8.